The minimum Gasteiger partial charge on any atom is -0.496 e. The number of rotatable bonds is 5. The lowest BCUT2D eigenvalue weighted by Crippen LogP contribution is -2.41. The van der Waals surface area contributed by atoms with Gasteiger partial charge < -0.3 is 14.8 Å². The summed E-state index contributed by atoms with van der Waals surface area (Å²) in [6.07, 6.45) is 0.0316. The Kier molecular flexibility index (Phi) is 5.54. The molecule has 0 aliphatic carbocycles. The fourth-order valence-electron chi connectivity index (χ4n) is 2.64. The molecule has 5 heteroatoms. The summed E-state index contributed by atoms with van der Waals surface area (Å²) in [4.78, 5) is 1.05. The Morgan fingerprint density at radius 3 is 2.70 bits per heavy atom. The number of nitrogens with one attached hydrogen (secondary N) is 1. The van der Waals surface area contributed by atoms with Crippen LogP contribution in [0.5, 0.6) is 5.75 Å². The summed E-state index contributed by atoms with van der Waals surface area (Å²) in [6, 6.07) is 14.6. The van der Waals surface area contributed by atoms with Crippen molar-refractivity contribution >= 4 is 11.8 Å². The Balaban J connectivity index is 1.89. The smallest absolute Gasteiger partial charge is 0.132 e. The largest absolute Gasteiger partial charge is 0.496 e. The van der Waals surface area contributed by atoms with Gasteiger partial charge in [0, 0.05) is 13.1 Å². The van der Waals surface area contributed by atoms with Crippen molar-refractivity contribution in [3.05, 3.63) is 59.9 Å². The number of ether oxygens (including phenoxy) is 2. The molecule has 0 radical (unpaired) electrons. The van der Waals surface area contributed by atoms with Crippen LogP contribution < -0.4 is 10.1 Å². The number of halogens is 1. The highest BCUT2D eigenvalue weighted by atomic mass is 32.2. The van der Waals surface area contributed by atoms with E-state index in [9.17, 15) is 4.39 Å². The van der Waals surface area contributed by atoms with Gasteiger partial charge in [-0.3, -0.25) is 0 Å². The summed E-state index contributed by atoms with van der Waals surface area (Å²) < 4.78 is 24.7. The molecule has 0 amide bonds. The fourth-order valence-corrected chi connectivity index (χ4v) is 3.96. The zero-order chi connectivity index (χ0) is 16.1. The maximum absolute atomic E-state index is 13.3. The summed E-state index contributed by atoms with van der Waals surface area (Å²) in [5.41, 5.74) is 1.05. The molecule has 2 aromatic rings. The Morgan fingerprint density at radius 2 is 2.00 bits per heavy atom. The van der Waals surface area contributed by atoms with Gasteiger partial charge in [-0.05, 0) is 29.8 Å². The Hall–Kier alpha value is -1.56. The van der Waals surface area contributed by atoms with Crippen molar-refractivity contribution in [3.8, 4) is 5.75 Å². The van der Waals surface area contributed by atoms with Gasteiger partial charge in [0.2, 0.25) is 0 Å². The quantitative estimate of drug-likeness (QED) is 0.846. The maximum Gasteiger partial charge on any atom is 0.132 e. The molecule has 23 heavy (non-hydrogen) atoms. The summed E-state index contributed by atoms with van der Waals surface area (Å²) in [5.74, 6) is 0.617. The predicted octanol–water partition coefficient (Wildman–Crippen LogP) is 3.66. The van der Waals surface area contributed by atoms with Gasteiger partial charge >= 0.3 is 0 Å². The van der Waals surface area contributed by atoms with Gasteiger partial charge in [-0.25, -0.2) is 4.39 Å². The summed E-state index contributed by atoms with van der Waals surface area (Å²) in [7, 11) is 1.67. The van der Waals surface area contributed by atoms with Crippen LogP contribution >= 0.6 is 11.8 Å². The van der Waals surface area contributed by atoms with E-state index in [0.29, 0.717) is 6.61 Å². The van der Waals surface area contributed by atoms with Crippen LogP contribution in [0, 0.1) is 5.82 Å². The fraction of sp³-hybridized carbons (Fsp3) is 0.333. The Labute approximate surface area is 140 Å². The number of benzene rings is 2. The summed E-state index contributed by atoms with van der Waals surface area (Å²) in [5, 5.41) is 3.44. The van der Waals surface area contributed by atoms with Crippen molar-refractivity contribution in [2.75, 3.05) is 26.8 Å². The lowest BCUT2D eigenvalue weighted by molar-refractivity contribution is 0.0273. The second kappa shape index (κ2) is 7.81. The number of morpholine rings is 1. The molecule has 1 unspecified atom stereocenters. The number of hydrogen-bond acceptors (Lipinski definition) is 4. The third-order valence-corrected chi connectivity index (χ3v) is 5.24. The number of methoxy groups -OCH3 is 1. The zero-order valence-corrected chi connectivity index (χ0v) is 13.8. The van der Waals surface area contributed by atoms with Gasteiger partial charge in [-0.1, -0.05) is 24.3 Å². The zero-order valence-electron chi connectivity index (χ0n) is 13.0. The summed E-state index contributed by atoms with van der Waals surface area (Å²) in [6.45, 7) is 2.34. The molecule has 0 aromatic heterocycles. The van der Waals surface area contributed by atoms with Crippen molar-refractivity contribution in [2.24, 2.45) is 0 Å². The van der Waals surface area contributed by atoms with Crippen molar-refractivity contribution < 1.29 is 13.9 Å². The average molecular weight is 333 g/mol. The van der Waals surface area contributed by atoms with Crippen LogP contribution in [-0.2, 0) is 4.74 Å². The van der Waals surface area contributed by atoms with E-state index in [1.165, 1.54) is 12.1 Å². The van der Waals surface area contributed by atoms with E-state index < -0.39 is 0 Å². The number of hydrogen-bond donors (Lipinski definition) is 1. The predicted molar refractivity (Wildman–Crippen MR) is 90.6 cm³/mol. The second-order valence-electron chi connectivity index (χ2n) is 5.35. The van der Waals surface area contributed by atoms with Crippen LogP contribution in [0.3, 0.4) is 0 Å². The van der Waals surface area contributed by atoms with Crippen LogP contribution in [0.2, 0.25) is 0 Å². The highest BCUT2D eigenvalue weighted by Gasteiger charge is 2.28. The molecular weight excluding hydrogens is 313 g/mol. The number of para-hydroxylation sites is 1. The molecule has 1 heterocycles. The van der Waals surface area contributed by atoms with Crippen LogP contribution in [0.25, 0.3) is 0 Å². The molecule has 2 atom stereocenters. The van der Waals surface area contributed by atoms with E-state index in [0.717, 1.165) is 29.3 Å². The molecule has 1 aliphatic rings. The van der Waals surface area contributed by atoms with Gasteiger partial charge in [0.15, 0.2) is 0 Å². The van der Waals surface area contributed by atoms with E-state index in [-0.39, 0.29) is 17.2 Å². The molecule has 1 saturated heterocycles. The minimum absolute atomic E-state index is 0.0316. The molecule has 1 N–H and O–H groups in total. The normalized spacial score (nSPS) is 19.3. The first-order valence-electron chi connectivity index (χ1n) is 7.65. The second-order valence-corrected chi connectivity index (χ2v) is 6.54. The molecule has 1 aliphatic heterocycles. The van der Waals surface area contributed by atoms with Gasteiger partial charge in [-0.15, -0.1) is 11.8 Å². The molecule has 3 rings (SSSR count). The van der Waals surface area contributed by atoms with E-state index in [1.54, 1.807) is 18.9 Å². The van der Waals surface area contributed by atoms with E-state index in [1.807, 2.05) is 36.4 Å². The molecule has 0 spiro atoms. The maximum atomic E-state index is 13.3. The first-order chi connectivity index (χ1) is 11.3. The molecule has 2 aromatic carbocycles. The summed E-state index contributed by atoms with van der Waals surface area (Å²) >= 11 is 1.69. The topological polar surface area (TPSA) is 30.5 Å². The molecular formula is C18H20FNO2S. The molecule has 0 saturated carbocycles. The third kappa shape index (κ3) is 4.05. The average Bonchev–Trinajstić information content (AvgIpc) is 2.61. The van der Waals surface area contributed by atoms with Gasteiger partial charge in [0.1, 0.15) is 11.6 Å². The van der Waals surface area contributed by atoms with Gasteiger partial charge in [-0.2, -0.15) is 0 Å². The van der Waals surface area contributed by atoms with E-state index >= 15 is 0 Å². The van der Waals surface area contributed by atoms with Crippen molar-refractivity contribution in [3.63, 3.8) is 0 Å². The van der Waals surface area contributed by atoms with E-state index in [4.69, 9.17) is 9.47 Å². The Morgan fingerprint density at radius 1 is 1.22 bits per heavy atom. The molecule has 0 bridgehead atoms. The number of thioether (sulfide) groups is 1. The van der Waals surface area contributed by atoms with Crippen LogP contribution in [0.4, 0.5) is 4.39 Å². The Bertz CT molecular complexity index is 629. The minimum atomic E-state index is -0.225. The highest BCUT2D eigenvalue weighted by Crippen LogP contribution is 2.42. The third-order valence-electron chi connectivity index (χ3n) is 3.82. The standard InChI is InChI=1S/C18H20FNO2S/c1-21-15-4-2-3-5-17(15)23-18(16-12-20-10-11-22-16)13-6-8-14(19)9-7-13/h2-9,16,18,20H,10-12H2,1H3/t16-,18?/m1/s1. The van der Waals surface area contributed by atoms with Crippen molar-refractivity contribution in [1.82, 2.24) is 5.32 Å². The molecule has 122 valence electrons. The van der Waals surface area contributed by atoms with E-state index in [2.05, 4.69) is 5.32 Å². The molecule has 3 nitrogen and oxygen atoms in total. The van der Waals surface area contributed by atoms with Crippen molar-refractivity contribution in [2.45, 2.75) is 16.2 Å². The van der Waals surface area contributed by atoms with Crippen molar-refractivity contribution in [1.29, 1.82) is 0 Å². The lowest BCUT2D eigenvalue weighted by atomic mass is 10.1. The van der Waals surface area contributed by atoms with Crippen LogP contribution in [0.1, 0.15) is 10.8 Å². The molecule has 1 fully saturated rings. The van der Waals surface area contributed by atoms with Crippen LogP contribution in [-0.4, -0.2) is 32.9 Å². The monoisotopic (exact) mass is 333 g/mol. The first-order valence-corrected chi connectivity index (χ1v) is 8.53. The first kappa shape index (κ1) is 16.3. The van der Waals surface area contributed by atoms with Crippen LogP contribution in [0.15, 0.2) is 53.4 Å². The van der Waals surface area contributed by atoms with Gasteiger partial charge in [0.25, 0.3) is 0 Å². The SMILES string of the molecule is COc1ccccc1SC(c1ccc(F)cc1)[C@H]1CNCCO1. The highest BCUT2D eigenvalue weighted by molar-refractivity contribution is 7.99. The van der Waals surface area contributed by atoms with Gasteiger partial charge in [0.05, 0.1) is 30.0 Å². The lowest BCUT2D eigenvalue weighted by Gasteiger charge is -2.31.